The lowest BCUT2D eigenvalue weighted by atomic mass is 10.1. The summed E-state index contributed by atoms with van der Waals surface area (Å²) in [5.74, 6) is -0.134. The Morgan fingerprint density at radius 1 is 0.964 bits per heavy atom. The Kier molecular flexibility index (Phi) is 7.60. The molecule has 1 atom stereocenters. The fourth-order valence-electron chi connectivity index (χ4n) is 2.73. The quantitative estimate of drug-likeness (QED) is 0.600. The van der Waals surface area contributed by atoms with E-state index in [4.69, 9.17) is 0 Å². The summed E-state index contributed by atoms with van der Waals surface area (Å²) in [4.78, 5) is 12.4. The molecule has 0 fully saturated rings. The number of rotatable bonds is 9. The Morgan fingerprint density at radius 2 is 1.57 bits per heavy atom. The minimum atomic E-state index is -3.52. The third-order valence-corrected chi connectivity index (χ3v) is 5.95. The zero-order chi connectivity index (χ0) is 20.7. The highest BCUT2D eigenvalue weighted by Crippen LogP contribution is 2.15. The lowest BCUT2D eigenvalue weighted by Crippen LogP contribution is -2.32. The molecule has 0 aliphatic rings. The highest BCUT2D eigenvalue weighted by atomic mass is 32.2. The molecule has 0 saturated heterocycles. The van der Waals surface area contributed by atoms with E-state index in [1.165, 1.54) is 17.7 Å². The SMILES string of the molecule is CCc1ccc(C(C)NC(=O)CNc2ccc(S(=O)(=O)NC(C)C)cc2)cc1. The van der Waals surface area contributed by atoms with Crippen LogP contribution in [-0.2, 0) is 21.2 Å². The number of carbonyl (C=O) groups excluding carboxylic acids is 1. The number of amides is 1. The van der Waals surface area contributed by atoms with Gasteiger partial charge in [0.25, 0.3) is 0 Å². The molecule has 0 bridgehead atoms. The second kappa shape index (κ2) is 9.71. The minimum Gasteiger partial charge on any atom is -0.376 e. The molecule has 0 aliphatic carbocycles. The molecule has 7 heteroatoms. The Balaban J connectivity index is 1.88. The summed E-state index contributed by atoms with van der Waals surface area (Å²) in [7, 11) is -3.52. The first-order valence-electron chi connectivity index (χ1n) is 9.45. The van der Waals surface area contributed by atoms with Gasteiger partial charge in [-0.05, 0) is 62.6 Å². The van der Waals surface area contributed by atoms with E-state index in [1.54, 1.807) is 26.0 Å². The van der Waals surface area contributed by atoms with Gasteiger partial charge in [0, 0.05) is 11.7 Å². The van der Waals surface area contributed by atoms with Gasteiger partial charge in [0.15, 0.2) is 0 Å². The van der Waals surface area contributed by atoms with Crippen LogP contribution in [0.3, 0.4) is 0 Å². The van der Waals surface area contributed by atoms with E-state index in [1.807, 2.05) is 19.1 Å². The largest absolute Gasteiger partial charge is 0.376 e. The van der Waals surface area contributed by atoms with Crippen molar-refractivity contribution in [1.29, 1.82) is 0 Å². The van der Waals surface area contributed by atoms with Crippen molar-refractivity contribution < 1.29 is 13.2 Å². The Labute approximate surface area is 167 Å². The van der Waals surface area contributed by atoms with E-state index in [0.29, 0.717) is 5.69 Å². The van der Waals surface area contributed by atoms with Crippen LogP contribution in [-0.4, -0.2) is 26.9 Å². The molecule has 0 radical (unpaired) electrons. The average molecular weight is 404 g/mol. The van der Waals surface area contributed by atoms with Crippen LogP contribution in [0, 0.1) is 0 Å². The summed E-state index contributed by atoms with van der Waals surface area (Å²) in [6.07, 6.45) is 0.985. The van der Waals surface area contributed by atoms with Crippen LogP contribution in [0.1, 0.15) is 44.9 Å². The van der Waals surface area contributed by atoms with Crippen molar-refractivity contribution in [3.63, 3.8) is 0 Å². The van der Waals surface area contributed by atoms with Crippen molar-refractivity contribution in [2.24, 2.45) is 0 Å². The van der Waals surface area contributed by atoms with Crippen LogP contribution in [0.4, 0.5) is 5.69 Å². The summed E-state index contributed by atoms with van der Waals surface area (Å²) in [6.45, 7) is 7.69. The molecule has 6 nitrogen and oxygen atoms in total. The van der Waals surface area contributed by atoms with Crippen LogP contribution < -0.4 is 15.4 Å². The molecule has 2 rings (SSSR count). The summed E-state index contributed by atoms with van der Waals surface area (Å²) in [5.41, 5.74) is 2.99. The lowest BCUT2D eigenvalue weighted by Gasteiger charge is -2.15. The normalized spacial score (nSPS) is 12.6. The number of sulfonamides is 1. The van der Waals surface area contributed by atoms with Crippen LogP contribution in [0.5, 0.6) is 0 Å². The van der Waals surface area contributed by atoms with E-state index in [-0.39, 0.29) is 29.4 Å². The van der Waals surface area contributed by atoms with Crippen LogP contribution >= 0.6 is 0 Å². The molecule has 0 heterocycles. The van der Waals surface area contributed by atoms with Crippen molar-refractivity contribution in [1.82, 2.24) is 10.0 Å². The standard InChI is InChI=1S/C21H29N3O3S/c1-5-17-6-8-18(9-7-17)16(4)23-21(25)14-22-19-10-12-20(13-11-19)28(26,27)24-15(2)3/h6-13,15-16,22,24H,5,14H2,1-4H3,(H,23,25). The number of hydrogen-bond donors (Lipinski definition) is 3. The van der Waals surface area contributed by atoms with Gasteiger partial charge in [-0.1, -0.05) is 31.2 Å². The Hall–Kier alpha value is -2.38. The molecule has 0 saturated carbocycles. The highest BCUT2D eigenvalue weighted by molar-refractivity contribution is 7.89. The van der Waals surface area contributed by atoms with Crippen LogP contribution in [0.15, 0.2) is 53.4 Å². The Morgan fingerprint density at radius 3 is 2.11 bits per heavy atom. The van der Waals surface area contributed by atoms with Gasteiger partial charge >= 0.3 is 0 Å². The molecule has 152 valence electrons. The predicted molar refractivity (Wildman–Crippen MR) is 113 cm³/mol. The number of anilines is 1. The van der Waals surface area contributed by atoms with Gasteiger partial charge in [0.1, 0.15) is 0 Å². The molecular weight excluding hydrogens is 374 g/mol. The van der Waals surface area contributed by atoms with Crippen molar-refractivity contribution in [3.05, 3.63) is 59.7 Å². The highest BCUT2D eigenvalue weighted by Gasteiger charge is 2.15. The first-order valence-corrected chi connectivity index (χ1v) is 10.9. The van der Waals surface area contributed by atoms with Gasteiger partial charge in [-0.25, -0.2) is 13.1 Å². The van der Waals surface area contributed by atoms with E-state index >= 15 is 0 Å². The van der Waals surface area contributed by atoms with E-state index < -0.39 is 10.0 Å². The molecule has 1 unspecified atom stereocenters. The molecule has 0 aromatic heterocycles. The van der Waals surface area contributed by atoms with E-state index in [9.17, 15) is 13.2 Å². The minimum absolute atomic E-state index is 0.0881. The van der Waals surface area contributed by atoms with Gasteiger partial charge in [-0.15, -0.1) is 0 Å². The van der Waals surface area contributed by atoms with Crippen LogP contribution in [0.25, 0.3) is 0 Å². The number of nitrogens with one attached hydrogen (secondary N) is 3. The number of benzene rings is 2. The third kappa shape index (κ3) is 6.35. The number of aryl methyl sites for hydroxylation is 1. The van der Waals surface area contributed by atoms with Crippen molar-refractivity contribution in [2.45, 2.75) is 51.1 Å². The third-order valence-electron chi connectivity index (χ3n) is 4.27. The summed E-state index contributed by atoms with van der Waals surface area (Å²) in [6, 6.07) is 14.3. The second-order valence-electron chi connectivity index (χ2n) is 7.04. The smallest absolute Gasteiger partial charge is 0.240 e. The van der Waals surface area contributed by atoms with Crippen LogP contribution in [0.2, 0.25) is 0 Å². The van der Waals surface area contributed by atoms with Crippen molar-refractivity contribution in [3.8, 4) is 0 Å². The average Bonchev–Trinajstić information content (AvgIpc) is 2.65. The van der Waals surface area contributed by atoms with Crippen molar-refractivity contribution in [2.75, 3.05) is 11.9 Å². The molecule has 2 aromatic rings. The van der Waals surface area contributed by atoms with Gasteiger partial charge in [-0.3, -0.25) is 4.79 Å². The van der Waals surface area contributed by atoms with Gasteiger partial charge in [-0.2, -0.15) is 0 Å². The predicted octanol–water partition coefficient (Wildman–Crippen LogP) is 3.23. The first kappa shape index (κ1) is 21.9. The molecule has 3 N–H and O–H groups in total. The zero-order valence-electron chi connectivity index (χ0n) is 16.8. The first-order chi connectivity index (χ1) is 13.2. The molecule has 1 amide bonds. The summed E-state index contributed by atoms with van der Waals surface area (Å²) >= 11 is 0. The van der Waals surface area contributed by atoms with Gasteiger partial charge in [0.05, 0.1) is 17.5 Å². The molecule has 28 heavy (non-hydrogen) atoms. The van der Waals surface area contributed by atoms with Gasteiger partial charge in [0.2, 0.25) is 15.9 Å². The Bertz CT molecular complexity index is 876. The van der Waals surface area contributed by atoms with E-state index in [0.717, 1.165) is 12.0 Å². The lowest BCUT2D eigenvalue weighted by molar-refractivity contribution is -0.120. The number of hydrogen-bond acceptors (Lipinski definition) is 4. The van der Waals surface area contributed by atoms with E-state index in [2.05, 4.69) is 34.4 Å². The molecular formula is C21H29N3O3S. The maximum atomic E-state index is 12.2. The monoisotopic (exact) mass is 403 g/mol. The molecule has 0 spiro atoms. The fourth-order valence-corrected chi connectivity index (χ4v) is 3.98. The summed E-state index contributed by atoms with van der Waals surface area (Å²) < 4.78 is 26.8. The second-order valence-corrected chi connectivity index (χ2v) is 8.75. The maximum Gasteiger partial charge on any atom is 0.240 e. The molecule has 0 aliphatic heterocycles. The maximum absolute atomic E-state index is 12.2. The number of carbonyl (C=O) groups is 1. The molecule has 2 aromatic carbocycles. The summed E-state index contributed by atoms with van der Waals surface area (Å²) in [5, 5.41) is 5.97. The van der Waals surface area contributed by atoms with Gasteiger partial charge < -0.3 is 10.6 Å². The topological polar surface area (TPSA) is 87.3 Å². The van der Waals surface area contributed by atoms with Crippen molar-refractivity contribution >= 4 is 21.6 Å². The zero-order valence-corrected chi connectivity index (χ0v) is 17.6. The fraction of sp³-hybridized carbons (Fsp3) is 0.381.